The van der Waals surface area contributed by atoms with Crippen LogP contribution in [0.3, 0.4) is 0 Å². The predicted octanol–water partition coefficient (Wildman–Crippen LogP) is 2.17. The Labute approximate surface area is 100 Å². The van der Waals surface area contributed by atoms with Gasteiger partial charge in [-0.2, -0.15) is 0 Å². The molecule has 3 nitrogen and oxygen atoms in total. The minimum Gasteiger partial charge on any atom is -0.394 e. The highest BCUT2D eigenvalue weighted by molar-refractivity contribution is 4.74. The van der Waals surface area contributed by atoms with E-state index < -0.39 is 0 Å². The zero-order chi connectivity index (χ0) is 12.8. The van der Waals surface area contributed by atoms with Crippen LogP contribution in [-0.2, 0) is 4.74 Å². The van der Waals surface area contributed by atoms with E-state index in [0.717, 1.165) is 12.8 Å². The van der Waals surface area contributed by atoms with Gasteiger partial charge in [0.25, 0.3) is 0 Å². The second-order valence-corrected chi connectivity index (χ2v) is 6.20. The molecule has 0 aromatic carbocycles. The fourth-order valence-corrected chi connectivity index (χ4v) is 1.52. The molecule has 0 aliphatic heterocycles. The average Bonchev–Trinajstić information content (AvgIpc) is 2.09. The standard InChI is InChI=1S/C13H29NO2/c1-10(2)8-11(14)12(9-15)16-7-6-13(3,4)5/h10-12,15H,6-9,14H2,1-5H3. The van der Waals surface area contributed by atoms with Crippen LogP contribution in [0.25, 0.3) is 0 Å². The maximum absolute atomic E-state index is 9.23. The molecule has 0 saturated carbocycles. The van der Waals surface area contributed by atoms with Crippen LogP contribution in [-0.4, -0.2) is 30.5 Å². The van der Waals surface area contributed by atoms with E-state index in [9.17, 15) is 5.11 Å². The summed E-state index contributed by atoms with van der Waals surface area (Å²) in [6.07, 6.45) is 1.66. The number of hydrogen-bond acceptors (Lipinski definition) is 3. The van der Waals surface area contributed by atoms with Crippen LogP contribution in [0.5, 0.6) is 0 Å². The molecule has 0 aliphatic carbocycles. The largest absolute Gasteiger partial charge is 0.394 e. The number of aliphatic hydroxyl groups is 1. The summed E-state index contributed by atoms with van der Waals surface area (Å²) in [4.78, 5) is 0. The fraction of sp³-hybridized carbons (Fsp3) is 1.00. The summed E-state index contributed by atoms with van der Waals surface area (Å²) in [5.41, 5.74) is 6.26. The smallest absolute Gasteiger partial charge is 0.0956 e. The lowest BCUT2D eigenvalue weighted by Gasteiger charge is -2.26. The third-order valence-corrected chi connectivity index (χ3v) is 2.59. The Balaban J connectivity index is 3.91. The first-order chi connectivity index (χ1) is 7.26. The van der Waals surface area contributed by atoms with Crippen LogP contribution in [0.4, 0.5) is 0 Å². The van der Waals surface area contributed by atoms with Crippen molar-refractivity contribution in [3.05, 3.63) is 0 Å². The molecule has 3 N–H and O–H groups in total. The van der Waals surface area contributed by atoms with Crippen LogP contribution in [0.1, 0.15) is 47.5 Å². The van der Waals surface area contributed by atoms with Crippen molar-refractivity contribution in [3.8, 4) is 0 Å². The fourth-order valence-electron chi connectivity index (χ4n) is 1.52. The summed E-state index contributed by atoms with van der Waals surface area (Å²) in [7, 11) is 0. The lowest BCUT2D eigenvalue weighted by atomic mass is 9.93. The Kier molecular flexibility index (Phi) is 7.20. The summed E-state index contributed by atoms with van der Waals surface area (Å²) < 4.78 is 5.65. The van der Waals surface area contributed by atoms with Gasteiger partial charge in [0.1, 0.15) is 0 Å². The van der Waals surface area contributed by atoms with E-state index >= 15 is 0 Å². The third-order valence-electron chi connectivity index (χ3n) is 2.59. The second kappa shape index (κ2) is 7.25. The van der Waals surface area contributed by atoms with Gasteiger partial charge >= 0.3 is 0 Å². The molecule has 0 amide bonds. The Morgan fingerprint density at radius 2 is 1.81 bits per heavy atom. The highest BCUT2D eigenvalue weighted by atomic mass is 16.5. The molecule has 0 aliphatic rings. The van der Waals surface area contributed by atoms with Crippen molar-refractivity contribution in [3.63, 3.8) is 0 Å². The second-order valence-electron chi connectivity index (χ2n) is 6.20. The Morgan fingerprint density at radius 1 is 1.25 bits per heavy atom. The van der Waals surface area contributed by atoms with E-state index in [1.807, 2.05) is 0 Å². The molecule has 0 saturated heterocycles. The van der Waals surface area contributed by atoms with Gasteiger partial charge in [-0.15, -0.1) is 0 Å². The molecule has 0 rings (SSSR count). The van der Waals surface area contributed by atoms with Crippen molar-refractivity contribution < 1.29 is 9.84 Å². The van der Waals surface area contributed by atoms with Crippen molar-refractivity contribution in [2.75, 3.05) is 13.2 Å². The lowest BCUT2D eigenvalue weighted by molar-refractivity contribution is -0.0150. The van der Waals surface area contributed by atoms with Gasteiger partial charge in [0, 0.05) is 12.6 Å². The maximum Gasteiger partial charge on any atom is 0.0956 e. The number of rotatable bonds is 7. The molecule has 3 heteroatoms. The van der Waals surface area contributed by atoms with Crippen LogP contribution >= 0.6 is 0 Å². The van der Waals surface area contributed by atoms with Crippen LogP contribution in [0.15, 0.2) is 0 Å². The van der Waals surface area contributed by atoms with Crippen molar-refractivity contribution in [2.45, 2.75) is 59.6 Å². The molecule has 98 valence electrons. The minimum atomic E-state index is -0.218. The molecule has 0 aromatic rings. The van der Waals surface area contributed by atoms with Crippen molar-refractivity contribution >= 4 is 0 Å². The summed E-state index contributed by atoms with van der Waals surface area (Å²) in [5, 5.41) is 9.23. The summed E-state index contributed by atoms with van der Waals surface area (Å²) in [5.74, 6) is 0.537. The van der Waals surface area contributed by atoms with Crippen molar-refractivity contribution in [1.29, 1.82) is 0 Å². The highest BCUT2D eigenvalue weighted by Crippen LogP contribution is 2.19. The van der Waals surface area contributed by atoms with E-state index in [-0.39, 0.29) is 24.2 Å². The molecule has 16 heavy (non-hydrogen) atoms. The quantitative estimate of drug-likeness (QED) is 0.706. The van der Waals surface area contributed by atoms with Crippen molar-refractivity contribution in [1.82, 2.24) is 0 Å². The van der Waals surface area contributed by atoms with Crippen molar-refractivity contribution in [2.24, 2.45) is 17.1 Å². The van der Waals surface area contributed by atoms with Gasteiger partial charge in [-0.1, -0.05) is 34.6 Å². The molecule has 0 heterocycles. The van der Waals surface area contributed by atoms with Crippen LogP contribution in [0, 0.1) is 11.3 Å². The Hall–Kier alpha value is -0.120. The topological polar surface area (TPSA) is 55.5 Å². The molecule has 0 aromatic heterocycles. The average molecular weight is 231 g/mol. The van der Waals surface area contributed by atoms with Gasteiger partial charge in [-0.05, 0) is 24.2 Å². The molecule has 2 unspecified atom stereocenters. The monoisotopic (exact) mass is 231 g/mol. The van der Waals surface area contributed by atoms with E-state index in [2.05, 4.69) is 34.6 Å². The van der Waals surface area contributed by atoms with Gasteiger partial charge in [0.05, 0.1) is 12.7 Å². The van der Waals surface area contributed by atoms with E-state index in [0.29, 0.717) is 12.5 Å². The first-order valence-corrected chi connectivity index (χ1v) is 6.24. The summed E-state index contributed by atoms with van der Waals surface area (Å²) >= 11 is 0. The molecule has 0 fully saturated rings. The molecular formula is C13H29NO2. The predicted molar refractivity (Wildman–Crippen MR) is 68.3 cm³/mol. The van der Waals surface area contributed by atoms with Gasteiger partial charge in [-0.3, -0.25) is 0 Å². The maximum atomic E-state index is 9.23. The molecule has 0 spiro atoms. The van der Waals surface area contributed by atoms with E-state index in [1.165, 1.54) is 0 Å². The highest BCUT2D eigenvalue weighted by Gasteiger charge is 2.19. The van der Waals surface area contributed by atoms with Crippen LogP contribution in [0.2, 0.25) is 0 Å². The first kappa shape index (κ1) is 15.9. The molecule has 0 radical (unpaired) electrons. The summed E-state index contributed by atoms with van der Waals surface area (Å²) in [6, 6.07) is -0.0648. The third kappa shape index (κ3) is 8.08. The number of ether oxygens (including phenoxy) is 1. The molecular weight excluding hydrogens is 202 g/mol. The normalized spacial score (nSPS) is 16.5. The number of aliphatic hydroxyl groups excluding tert-OH is 1. The number of hydrogen-bond donors (Lipinski definition) is 2. The summed E-state index contributed by atoms with van der Waals surface area (Å²) in [6.45, 7) is 11.5. The minimum absolute atomic E-state index is 0.0119. The zero-order valence-electron chi connectivity index (χ0n) is 11.5. The van der Waals surface area contributed by atoms with E-state index in [1.54, 1.807) is 0 Å². The Bertz CT molecular complexity index is 175. The zero-order valence-corrected chi connectivity index (χ0v) is 11.5. The lowest BCUT2D eigenvalue weighted by Crippen LogP contribution is -2.40. The Morgan fingerprint density at radius 3 is 2.19 bits per heavy atom. The van der Waals surface area contributed by atoms with E-state index in [4.69, 9.17) is 10.5 Å². The van der Waals surface area contributed by atoms with Crippen LogP contribution < -0.4 is 5.73 Å². The first-order valence-electron chi connectivity index (χ1n) is 6.24. The van der Waals surface area contributed by atoms with Gasteiger partial charge < -0.3 is 15.6 Å². The number of nitrogens with two attached hydrogens (primary N) is 1. The van der Waals surface area contributed by atoms with Gasteiger partial charge in [-0.25, -0.2) is 0 Å². The SMILES string of the molecule is CC(C)CC(N)C(CO)OCCC(C)(C)C. The van der Waals surface area contributed by atoms with Gasteiger partial charge in [0.2, 0.25) is 0 Å². The van der Waals surface area contributed by atoms with Gasteiger partial charge in [0.15, 0.2) is 0 Å². The molecule has 0 bridgehead atoms. The molecule has 2 atom stereocenters.